The minimum absolute atomic E-state index is 0.375. The molecule has 0 rings (SSSR count). The van der Waals surface area contributed by atoms with Crippen LogP contribution in [0.15, 0.2) is 0 Å². The van der Waals surface area contributed by atoms with E-state index in [1.807, 2.05) is 0 Å². The van der Waals surface area contributed by atoms with Crippen molar-refractivity contribution in [2.75, 3.05) is 11.6 Å². The summed E-state index contributed by atoms with van der Waals surface area (Å²) in [5.41, 5.74) is 4.81. The smallest absolute Gasteiger partial charge is 0.304 e. The molecular formula is C4H9NO4S. The highest BCUT2D eigenvalue weighted by Gasteiger charge is 2.09. The Balaban J connectivity index is 3.81. The van der Waals surface area contributed by atoms with Crippen LogP contribution in [-0.2, 0) is 14.6 Å². The lowest BCUT2D eigenvalue weighted by atomic mass is 10.5. The molecule has 0 heterocycles. The maximum atomic E-state index is 10.5. The summed E-state index contributed by atoms with van der Waals surface area (Å²) >= 11 is 0. The quantitative estimate of drug-likeness (QED) is 0.547. The maximum absolute atomic E-state index is 10.5. The van der Waals surface area contributed by atoms with E-state index in [-0.39, 0.29) is 12.2 Å². The summed E-state index contributed by atoms with van der Waals surface area (Å²) in [6, 6.07) is 0. The predicted molar refractivity (Wildman–Crippen MR) is 35.1 cm³/mol. The fourth-order valence-electron chi connectivity index (χ4n) is 0.326. The molecule has 0 aliphatic carbocycles. The highest BCUT2D eigenvalue weighted by Crippen LogP contribution is 1.89. The van der Waals surface area contributed by atoms with Crippen LogP contribution in [0.25, 0.3) is 0 Å². The molecule has 0 aromatic carbocycles. The van der Waals surface area contributed by atoms with Crippen molar-refractivity contribution in [3.8, 4) is 0 Å². The zero-order valence-corrected chi connectivity index (χ0v) is 6.10. The molecule has 0 saturated carbocycles. The molecule has 60 valence electrons. The van der Waals surface area contributed by atoms with Gasteiger partial charge in [-0.3, -0.25) is 4.79 Å². The molecule has 0 amide bonds. The normalized spacial score (nSPS) is 11.3. The van der Waals surface area contributed by atoms with Crippen LogP contribution in [0.5, 0.6) is 0 Å². The monoisotopic (exact) mass is 167 g/mol. The van der Waals surface area contributed by atoms with Crippen molar-refractivity contribution in [3.05, 3.63) is 0 Å². The third kappa shape index (κ3) is 4.28. The molecule has 0 radical (unpaired) electrons. The van der Waals surface area contributed by atoms with Gasteiger partial charge in [0, 0.05) is 0 Å². The van der Waals surface area contributed by atoms with Crippen molar-refractivity contribution in [1.29, 1.82) is 0 Å². The van der Waals surface area contributed by atoms with Gasteiger partial charge in [0.25, 0.3) is 0 Å². The Bertz CT molecular complexity index is 207. The number of sulfone groups is 1. The third-order valence-corrected chi connectivity index (χ3v) is 2.21. The average molecular weight is 167 g/mol. The topological polar surface area (TPSA) is 97.5 Å². The van der Waals surface area contributed by atoms with Crippen LogP contribution < -0.4 is 5.73 Å². The summed E-state index contributed by atoms with van der Waals surface area (Å²) in [7, 11) is -3.32. The molecule has 6 heteroatoms. The highest BCUT2D eigenvalue weighted by atomic mass is 32.2. The van der Waals surface area contributed by atoms with Crippen LogP contribution in [0.1, 0.15) is 6.42 Å². The molecule has 0 fully saturated rings. The van der Waals surface area contributed by atoms with E-state index < -0.39 is 21.7 Å². The summed E-state index contributed by atoms with van der Waals surface area (Å²) < 4.78 is 21.0. The van der Waals surface area contributed by atoms with E-state index in [1.165, 1.54) is 0 Å². The van der Waals surface area contributed by atoms with E-state index in [2.05, 4.69) is 0 Å². The van der Waals surface area contributed by atoms with Gasteiger partial charge in [-0.15, -0.1) is 0 Å². The van der Waals surface area contributed by atoms with E-state index >= 15 is 0 Å². The van der Waals surface area contributed by atoms with E-state index in [0.29, 0.717) is 0 Å². The minimum Gasteiger partial charge on any atom is -0.481 e. The predicted octanol–water partition coefficient (Wildman–Crippen LogP) is -1.21. The second kappa shape index (κ2) is 3.52. The molecule has 5 nitrogen and oxygen atoms in total. The standard InChI is InChI=1S/C4H9NO4S/c5-3-10(8,9)2-1-4(6)7/h1-3,5H2,(H,6,7). The van der Waals surface area contributed by atoms with Crippen LogP contribution in [0.3, 0.4) is 0 Å². The molecule has 0 aliphatic heterocycles. The van der Waals surface area contributed by atoms with E-state index in [4.69, 9.17) is 10.8 Å². The molecule has 10 heavy (non-hydrogen) atoms. The van der Waals surface area contributed by atoms with Crippen molar-refractivity contribution in [2.24, 2.45) is 5.73 Å². The van der Waals surface area contributed by atoms with Gasteiger partial charge < -0.3 is 10.8 Å². The number of aliphatic carboxylic acids is 1. The first kappa shape index (κ1) is 9.38. The fraction of sp³-hybridized carbons (Fsp3) is 0.750. The molecular weight excluding hydrogens is 158 g/mol. The lowest BCUT2D eigenvalue weighted by Crippen LogP contribution is -2.19. The number of hydrogen-bond acceptors (Lipinski definition) is 4. The summed E-state index contributed by atoms with van der Waals surface area (Å²) in [6.45, 7) is 0. The Hall–Kier alpha value is -0.620. The molecule has 0 aliphatic rings. The van der Waals surface area contributed by atoms with Crippen LogP contribution in [-0.4, -0.2) is 31.1 Å². The first-order chi connectivity index (χ1) is 4.48. The number of nitrogens with two attached hydrogens (primary N) is 1. The van der Waals surface area contributed by atoms with Gasteiger partial charge in [-0.1, -0.05) is 0 Å². The summed E-state index contributed by atoms with van der Waals surface area (Å²) in [4.78, 5) is 9.86. The third-order valence-electron chi connectivity index (χ3n) is 0.881. The van der Waals surface area contributed by atoms with Gasteiger partial charge in [0.05, 0.1) is 18.1 Å². The number of rotatable bonds is 4. The van der Waals surface area contributed by atoms with Gasteiger partial charge in [-0.25, -0.2) is 8.42 Å². The zero-order chi connectivity index (χ0) is 8.20. The van der Waals surface area contributed by atoms with Crippen molar-refractivity contribution < 1.29 is 18.3 Å². The second-order valence-electron chi connectivity index (χ2n) is 1.76. The van der Waals surface area contributed by atoms with Gasteiger partial charge in [0.2, 0.25) is 0 Å². The first-order valence-corrected chi connectivity index (χ1v) is 4.42. The van der Waals surface area contributed by atoms with E-state index in [0.717, 1.165) is 0 Å². The van der Waals surface area contributed by atoms with Crippen molar-refractivity contribution in [1.82, 2.24) is 0 Å². The summed E-state index contributed by atoms with van der Waals surface area (Å²) in [5, 5.41) is 8.07. The van der Waals surface area contributed by atoms with Crippen molar-refractivity contribution in [2.45, 2.75) is 6.42 Å². The number of carboxylic acid groups (broad SMARTS) is 1. The van der Waals surface area contributed by atoms with Crippen LogP contribution in [0, 0.1) is 0 Å². The molecule has 0 spiro atoms. The van der Waals surface area contributed by atoms with Crippen LogP contribution in [0.4, 0.5) is 0 Å². The lowest BCUT2D eigenvalue weighted by Gasteiger charge is -1.95. The Kier molecular flexibility index (Phi) is 3.31. The second-order valence-corrected chi connectivity index (χ2v) is 3.99. The van der Waals surface area contributed by atoms with Gasteiger partial charge in [-0.05, 0) is 0 Å². The summed E-state index contributed by atoms with van der Waals surface area (Å²) in [5.74, 6) is -1.99. The Morgan fingerprint density at radius 3 is 2.30 bits per heavy atom. The Morgan fingerprint density at radius 2 is 2.00 bits per heavy atom. The SMILES string of the molecule is NCS(=O)(=O)CCC(=O)O. The molecule has 0 aromatic rings. The molecule has 0 unspecified atom stereocenters. The number of carbonyl (C=O) groups is 1. The van der Waals surface area contributed by atoms with Gasteiger partial charge in [-0.2, -0.15) is 0 Å². The lowest BCUT2D eigenvalue weighted by molar-refractivity contribution is -0.136. The van der Waals surface area contributed by atoms with Crippen molar-refractivity contribution >= 4 is 15.8 Å². The number of hydrogen-bond donors (Lipinski definition) is 2. The fourth-order valence-corrected chi connectivity index (χ4v) is 0.978. The van der Waals surface area contributed by atoms with Crippen molar-refractivity contribution in [3.63, 3.8) is 0 Å². The Morgan fingerprint density at radius 1 is 1.50 bits per heavy atom. The van der Waals surface area contributed by atoms with Gasteiger partial charge in [0.15, 0.2) is 9.84 Å². The maximum Gasteiger partial charge on any atom is 0.304 e. The molecule has 0 atom stereocenters. The van der Waals surface area contributed by atoms with E-state index in [1.54, 1.807) is 0 Å². The highest BCUT2D eigenvalue weighted by molar-refractivity contribution is 7.91. The minimum atomic E-state index is -3.32. The van der Waals surface area contributed by atoms with E-state index in [9.17, 15) is 13.2 Å². The van der Waals surface area contributed by atoms with Crippen LogP contribution >= 0.6 is 0 Å². The number of carboxylic acids is 1. The zero-order valence-electron chi connectivity index (χ0n) is 5.28. The molecule has 3 N–H and O–H groups in total. The molecule has 0 saturated heterocycles. The molecule has 0 aromatic heterocycles. The van der Waals surface area contributed by atoms with Gasteiger partial charge in [0.1, 0.15) is 0 Å². The van der Waals surface area contributed by atoms with Gasteiger partial charge >= 0.3 is 5.97 Å². The van der Waals surface area contributed by atoms with Crippen LogP contribution in [0.2, 0.25) is 0 Å². The average Bonchev–Trinajstić information content (AvgIpc) is 1.85. The Labute approximate surface area is 58.8 Å². The largest absolute Gasteiger partial charge is 0.481 e. The summed E-state index contributed by atoms with van der Waals surface area (Å²) in [6.07, 6.45) is -0.375. The molecule has 0 bridgehead atoms. The first-order valence-electron chi connectivity index (χ1n) is 2.60.